The Morgan fingerprint density at radius 3 is 2.47 bits per heavy atom. The Bertz CT molecular complexity index is 1160. The minimum absolute atomic E-state index is 0.0657. The third-order valence-corrected chi connectivity index (χ3v) is 4.53. The number of tetrazole rings is 1. The molecule has 10 nitrogen and oxygen atoms in total. The predicted octanol–water partition coefficient (Wildman–Crippen LogP) is 2.33. The van der Waals surface area contributed by atoms with Gasteiger partial charge >= 0.3 is 17.7 Å². The SMILES string of the molecule is COc1ccccc1-n1nnn(C(=O)N(c2ccc(C)c(C(=O)O)c2)C(C)C)c1=O. The smallest absolute Gasteiger partial charge is 0.377 e. The summed E-state index contributed by atoms with van der Waals surface area (Å²) in [5.74, 6) is -0.714. The first kappa shape index (κ1) is 20.8. The van der Waals surface area contributed by atoms with E-state index in [2.05, 4.69) is 10.4 Å². The summed E-state index contributed by atoms with van der Waals surface area (Å²) in [6.45, 7) is 5.15. The fourth-order valence-corrected chi connectivity index (χ4v) is 3.04. The van der Waals surface area contributed by atoms with E-state index in [-0.39, 0.29) is 11.6 Å². The molecule has 0 fully saturated rings. The van der Waals surface area contributed by atoms with E-state index in [9.17, 15) is 19.5 Å². The minimum Gasteiger partial charge on any atom is -0.494 e. The molecule has 10 heteroatoms. The van der Waals surface area contributed by atoms with E-state index in [0.29, 0.717) is 27.4 Å². The van der Waals surface area contributed by atoms with E-state index in [0.717, 1.165) is 4.68 Å². The molecule has 3 aromatic rings. The van der Waals surface area contributed by atoms with Crippen molar-refractivity contribution in [1.29, 1.82) is 0 Å². The zero-order valence-electron chi connectivity index (χ0n) is 16.9. The van der Waals surface area contributed by atoms with Gasteiger partial charge in [-0.15, -0.1) is 4.68 Å². The number of aromatic nitrogens is 4. The molecule has 30 heavy (non-hydrogen) atoms. The third-order valence-electron chi connectivity index (χ3n) is 4.53. The van der Waals surface area contributed by atoms with Crippen LogP contribution in [0.1, 0.15) is 29.8 Å². The van der Waals surface area contributed by atoms with Crippen molar-refractivity contribution in [2.45, 2.75) is 26.8 Å². The van der Waals surface area contributed by atoms with Gasteiger partial charge in [-0.05, 0) is 61.0 Å². The number of aromatic carboxylic acids is 1. The molecule has 0 atom stereocenters. The number of carbonyl (C=O) groups is 2. The van der Waals surface area contributed by atoms with Gasteiger partial charge in [-0.3, -0.25) is 4.90 Å². The highest BCUT2D eigenvalue weighted by atomic mass is 16.5. The van der Waals surface area contributed by atoms with Crippen molar-refractivity contribution >= 4 is 17.7 Å². The fraction of sp³-hybridized carbons (Fsp3) is 0.250. The van der Waals surface area contributed by atoms with Gasteiger partial charge < -0.3 is 9.84 Å². The highest BCUT2D eigenvalue weighted by molar-refractivity contribution is 5.96. The zero-order valence-corrected chi connectivity index (χ0v) is 16.9. The maximum atomic E-state index is 13.2. The van der Waals surface area contributed by atoms with Crippen molar-refractivity contribution in [3.8, 4) is 11.4 Å². The zero-order chi connectivity index (χ0) is 22.0. The van der Waals surface area contributed by atoms with Crippen molar-refractivity contribution in [2.24, 2.45) is 0 Å². The Morgan fingerprint density at radius 1 is 1.13 bits per heavy atom. The van der Waals surface area contributed by atoms with Crippen LogP contribution in [0.2, 0.25) is 0 Å². The maximum Gasteiger partial charge on any atom is 0.377 e. The molecule has 3 rings (SSSR count). The monoisotopic (exact) mass is 411 g/mol. The van der Waals surface area contributed by atoms with Crippen LogP contribution in [0.3, 0.4) is 0 Å². The van der Waals surface area contributed by atoms with Gasteiger partial charge in [0.1, 0.15) is 11.4 Å². The van der Waals surface area contributed by atoms with Crippen molar-refractivity contribution in [2.75, 3.05) is 12.0 Å². The first-order valence-corrected chi connectivity index (χ1v) is 9.12. The number of amides is 1. The lowest BCUT2D eigenvalue weighted by atomic mass is 10.1. The number of para-hydroxylation sites is 2. The van der Waals surface area contributed by atoms with Gasteiger partial charge in [-0.2, -0.15) is 4.68 Å². The molecule has 1 amide bonds. The lowest BCUT2D eigenvalue weighted by Gasteiger charge is -2.26. The Morgan fingerprint density at radius 2 is 1.83 bits per heavy atom. The molecule has 1 heterocycles. The number of carbonyl (C=O) groups excluding carboxylic acids is 1. The summed E-state index contributed by atoms with van der Waals surface area (Å²) in [4.78, 5) is 38.8. The van der Waals surface area contributed by atoms with Crippen molar-refractivity contribution in [3.05, 3.63) is 64.1 Å². The first-order chi connectivity index (χ1) is 14.3. The van der Waals surface area contributed by atoms with E-state index in [1.807, 2.05) is 0 Å². The maximum absolute atomic E-state index is 13.2. The molecule has 0 bridgehead atoms. The molecule has 1 N–H and O–H groups in total. The Kier molecular flexibility index (Phi) is 5.67. The van der Waals surface area contributed by atoms with Crippen LogP contribution in [0.15, 0.2) is 47.3 Å². The number of rotatable bonds is 5. The number of anilines is 1. The predicted molar refractivity (Wildman–Crippen MR) is 109 cm³/mol. The lowest BCUT2D eigenvalue weighted by Crippen LogP contribution is -2.44. The van der Waals surface area contributed by atoms with E-state index in [1.165, 1.54) is 18.1 Å². The summed E-state index contributed by atoms with van der Waals surface area (Å²) in [7, 11) is 1.46. The number of hydrogen-bond donors (Lipinski definition) is 1. The number of ether oxygens (including phenoxy) is 1. The second-order valence-electron chi connectivity index (χ2n) is 6.81. The summed E-state index contributed by atoms with van der Waals surface area (Å²) < 4.78 is 6.84. The summed E-state index contributed by atoms with van der Waals surface area (Å²) in [5, 5.41) is 16.9. The molecule has 0 saturated heterocycles. The molecule has 0 spiro atoms. The molecule has 0 radical (unpaired) electrons. The second kappa shape index (κ2) is 8.19. The van der Waals surface area contributed by atoms with Crippen molar-refractivity contribution in [1.82, 2.24) is 19.8 Å². The summed E-state index contributed by atoms with van der Waals surface area (Å²) in [5.41, 5.74) is 0.513. The first-order valence-electron chi connectivity index (χ1n) is 9.12. The molecular formula is C20H21N5O5. The molecule has 1 aromatic heterocycles. The standard InChI is InChI=1S/C20H21N5O5/c1-12(2)23(14-10-9-13(3)15(11-14)18(26)27)19(28)25-20(29)24(21-22-25)16-7-5-6-8-17(16)30-4/h5-12H,1-4H3,(H,26,27). The Labute approximate surface area is 171 Å². The summed E-state index contributed by atoms with van der Waals surface area (Å²) in [6, 6.07) is 10.2. The fourth-order valence-electron chi connectivity index (χ4n) is 3.04. The third kappa shape index (κ3) is 3.66. The van der Waals surface area contributed by atoms with E-state index >= 15 is 0 Å². The number of aryl methyl sites for hydroxylation is 1. The number of hydrogen-bond acceptors (Lipinski definition) is 6. The number of nitrogens with zero attached hydrogens (tertiary/aromatic N) is 5. The Balaban J connectivity index is 2.07. The van der Waals surface area contributed by atoms with Crippen LogP contribution in [0.5, 0.6) is 5.75 Å². The van der Waals surface area contributed by atoms with Gasteiger partial charge in [-0.1, -0.05) is 18.2 Å². The van der Waals surface area contributed by atoms with Crippen LogP contribution in [0, 0.1) is 6.92 Å². The topological polar surface area (TPSA) is 120 Å². The molecule has 0 unspecified atom stereocenters. The van der Waals surface area contributed by atoms with Gasteiger partial charge in [-0.25, -0.2) is 14.4 Å². The number of benzene rings is 2. The molecular weight excluding hydrogens is 390 g/mol. The summed E-state index contributed by atoms with van der Waals surface area (Å²) >= 11 is 0. The van der Waals surface area contributed by atoms with E-state index < -0.39 is 17.7 Å². The largest absolute Gasteiger partial charge is 0.494 e. The molecule has 0 aliphatic rings. The van der Waals surface area contributed by atoms with Crippen molar-refractivity contribution < 1.29 is 19.4 Å². The van der Waals surface area contributed by atoms with Gasteiger partial charge in [0.2, 0.25) is 0 Å². The second-order valence-corrected chi connectivity index (χ2v) is 6.81. The molecule has 2 aromatic carbocycles. The lowest BCUT2D eigenvalue weighted by molar-refractivity contribution is 0.0696. The van der Waals surface area contributed by atoms with Crippen LogP contribution in [0.4, 0.5) is 10.5 Å². The molecule has 156 valence electrons. The van der Waals surface area contributed by atoms with Crippen LogP contribution in [-0.2, 0) is 0 Å². The van der Waals surface area contributed by atoms with Gasteiger partial charge in [0.05, 0.1) is 12.7 Å². The Hall–Kier alpha value is -3.95. The van der Waals surface area contributed by atoms with Crippen LogP contribution in [-0.4, -0.2) is 50.0 Å². The quantitative estimate of drug-likeness (QED) is 0.640. The average Bonchev–Trinajstić information content (AvgIpc) is 3.09. The highest BCUT2D eigenvalue weighted by Crippen LogP contribution is 2.23. The number of carboxylic acid groups (broad SMARTS) is 1. The normalized spacial score (nSPS) is 10.8. The summed E-state index contributed by atoms with van der Waals surface area (Å²) in [6.07, 6.45) is 0. The number of methoxy groups -OCH3 is 1. The van der Waals surface area contributed by atoms with Gasteiger partial charge in [0.25, 0.3) is 0 Å². The average molecular weight is 411 g/mol. The molecule has 0 aliphatic heterocycles. The molecule has 0 saturated carbocycles. The number of carboxylic acids is 1. The van der Waals surface area contributed by atoms with Crippen LogP contribution >= 0.6 is 0 Å². The van der Waals surface area contributed by atoms with Crippen molar-refractivity contribution in [3.63, 3.8) is 0 Å². The van der Waals surface area contributed by atoms with Gasteiger partial charge in [0, 0.05) is 11.7 Å². The van der Waals surface area contributed by atoms with E-state index in [4.69, 9.17) is 4.74 Å². The molecule has 0 aliphatic carbocycles. The van der Waals surface area contributed by atoms with Crippen LogP contribution < -0.4 is 15.3 Å². The van der Waals surface area contributed by atoms with E-state index in [1.54, 1.807) is 57.2 Å². The minimum atomic E-state index is -1.11. The van der Waals surface area contributed by atoms with Gasteiger partial charge in [0.15, 0.2) is 0 Å². The van der Waals surface area contributed by atoms with Crippen LogP contribution in [0.25, 0.3) is 5.69 Å². The highest BCUT2D eigenvalue weighted by Gasteiger charge is 2.26.